The van der Waals surface area contributed by atoms with Gasteiger partial charge in [0.05, 0.1) is 30.4 Å². The molecule has 4 nitrogen and oxygen atoms in total. The molecule has 1 heterocycles. The molecule has 1 N–H and O–H groups in total. The average Bonchev–Trinajstić information content (AvgIpc) is 2.89. The van der Waals surface area contributed by atoms with Crippen molar-refractivity contribution in [1.29, 1.82) is 0 Å². The number of aromatic nitrogens is 1. The van der Waals surface area contributed by atoms with Gasteiger partial charge in [0.1, 0.15) is 0 Å². The van der Waals surface area contributed by atoms with E-state index in [1.54, 1.807) is 17.4 Å². The maximum Gasteiger partial charge on any atom is 0.337 e. The monoisotopic (exact) mass is 262 g/mol. The van der Waals surface area contributed by atoms with Gasteiger partial charge in [-0.15, -0.1) is 11.3 Å². The zero-order valence-electron chi connectivity index (χ0n) is 10.3. The van der Waals surface area contributed by atoms with Crippen LogP contribution >= 0.6 is 11.3 Å². The second-order valence-electron chi connectivity index (χ2n) is 3.85. The van der Waals surface area contributed by atoms with Crippen molar-refractivity contribution in [2.24, 2.45) is 0 Å². The topological polar surface area (TPSA) is 51.2 Å². The van der Waals surface area contributed by atoms with Gasteiger partial charge < -0.3 is 10.1 Å². The number of hydrogen-bond acceptors (Lipinski definition) is 5. The largest absolute Gasteiger partial charge is 0.465 e. The van der Waals surface area contributed by atoms with Gasteiger partial charge >= 0.3 is 5.97 Å². The van der Waals surface area contributed by atoms with Gasteiger partial charge in [0.25, 0.3) is 0 Å². The molecule has 1 aromatic carbocycles. The fourth-order valence-electron chi connectivity index (χ4n) is 1.62. The molecule has 1 aromatic heterocycles. The van der Waals surface area contributed by atoms with E-state index in [9.17, 15) is 4.79 Å². The molecular weight excluding hydrogens is 248 g/mol. The molecule has 0 amide bonds. The standard InChI is InChI=1S/C13H14N2O2S/c1-9-5-10(13(16)17-2)3-4-12(9)14-6-11-7-18-8-15-11/h3-5,7-8,14H,6H2,1-2H3. The number of anilines is 1. The maximum absolute atomic E-state index is 11.4. The molecule has 2 aromatic rings. The number of thiazole rings is 1. The van der Waals surface area contributed by atoms with E-state index in [1.807, 2.05) is 29.9 Å². The van der Waals surface area contributed by atoms with Crippen LogP contribution in [0.3, 0.4) is 0 Å². The Bertz CT molecular complexity index is 538. The molecule has 0 spiro atoms. The van der Waals surface area contributed by atoms with E-state index >= 15 is 0 Å². The minimum atomic E-state index is -0.316. The predicted octanol–water partition coefficient (Wildman–Crippen LogP) is 2.85. The fourth-order valence-corrected chi connectivity index (χ4v) is 2.18. The van der Waals surface area contributed by atoms with Gasteiger partial charge in [0.15, 0.2) is 0 Å². The van der Waals surface area contributed by atoms with E-state index in [0.717, 1.165) is 16.9 Å². The number of rotatable bonds is 4. The number of ether oxygens (including phenoxy) is 1. The third kappa shape index (κ3) is 2.87. The van der Waals surface area contributed by atoms with Crippen LogP contribution in [0.1, 0.15) is 21.6 Å². The molecule has 0 aliphatic heterocycles. The lowest BCUT2D eigenvalue weighted by molar-refractivity contribution is 0.0600. The van der Waals surface area contributed by atoms with E-state index in [0.29, 0.717) is 12.1 Å². The molecule has 0 bridgehead atoms. The SMILES string of the molecule is COC(=O)c1ccc(NCc2cscn2)c(C)c1. The highest BCUT2D eigenvalue weighted by atomic mass is 32.1. The molecule has 5 heteroatoms. The molecule has 2 rings (SSSR count). The number of benzene rings is 1. The molecule has 18 heavy (non-hydrogen) atoms. The van der Waals surface area contributed by atoms with Crippen molar-refractivity contribution in [1.82, 2.24) is 4.98 Å². The van der Waals surface area contributed by atoms with Gasteiger partial charge in [-0.3, -0.25) is 0 Å². The molecule has 0 saturated carbocycles. The Hall–Kier alpha value is -1.88. The molecule has 0 aliphatic carbocycles. The first-order chi connectivity index (χ1) is 8.70. The summed E-state index contributed by atoms with van der Waals surface area (Å²) < 4.78 is 4.68. The summed E-state index contributed by atoms with van der Waals surface area (Å²) in [5.74, 6) is -0.316. The molecule has 0 unspecified atom stereocenters. The summed E-state index contributed by atoms with van der Waals surface area (Å²) in [5, 5.41) is 5.30. The highest BCUT2D eigenvalue weighted by molar-refractivity contribution is 7.07. The lowest BCUT2D eigenvalue weighted by Crippen LogP contribution is -2.04. The summed E-state index contributed by atoms with van der Waals surface area (Å²) in [7, 11) is 1.38. The number of carbonyl (C=O) groups is 1. The summed E-state index contributed by atoms with van der Waals surface area (Å²) in [6, 6.07) is 5.45. The van der Waals surface area contributed by atoms with Crippen LogP contribution in [0.15, 0.2) is 29.1 Å². The van der Waals surface area contributed by atoms with E-state index < -0.39 is 0 Å². The fraction of sp³-hybridized carbons (Fsp3) is 0.231. The normalized spacial score (nSPS) is 10.1. The van der Waals surface area contributed by atoms with Crippen LogP contribution in [-0.2, 0) is 11.3 Å². The first kappa shape index (κ1) is 12.6. The van der Waals surface area contributed by atoms with Crippen LogP contribution in [0.25, 0.3) is 0 Å². The molecule has 0 aliphatic rings. The van der Waals surface area contributed by atoms with Crippen LogP contribution in [-0.4, -0.2) is 18.1 Å². The Kier molecular flexibility index (Phi) is 3.94. The Morgan fingerprint density at radius 2 is 2.33 bits per heavy atom. The number of methoxy groups -OCH3 is 1. The Balaban J connectivity index is 2.08. The molecule has 0 saturated heterocycles. The van der Waals surface area contributed by atoms with Gasteiger partial charge in [-0.05, 0) is 30.7 Å². The highest BCUT2D eigenvalue weighted by Gasteiger charge is 2.07. The van der Waals surface area contributed by atoms with Crippen LogP contribution in [0, 0.1) is 6.92 Å². The van der Waals surface area contributed by atoms with Crippen molar-refractivity contribution in [2.75, 3.05) is 12.4 Å². The van der Waals surface area contributed by atoms with Gasteiger partial charge in [0.2, 0.25) is 0 Å². The van der Waals surface area contributed by atoms with Gasteiger partial charge in [-0.2, -0.15) is 0 Å². The van der Waals surface area contributed by atoms with E-state index in [2.05, 4.69) is 15.0 Å². The number of nitrogens with zero attached hydrogens (tertiary/aromatic N) is 1. The van der Waals surface area contributed by atoms with Crippen molar-refractivity contribution in [3.63, 3.8) is 0 Å². The lowest BCUT2D eigenvalue weighted by Gasteiger charge is -2.09. The predicted molar refractivity (Wildman–Crippen MR) is 72.0 cm³/mol. The smallest absolute Gasteiger partial charge is 0.337 e. The molecule has 94 valence electrons. The zero-order valence-corrected chi connectivity index (χ0v) is 11.1. The van der Waals surface area contributed by atoms with Crippen molar-refractivity contribution < 1.29 is 9.53 Å². The number of aryl methyl sites for hydroxylation is 1. The van der Waals surface area contributed by atoms with Crippen LogP contribution in [0.5, 0.6) is 0 Å². The molecule has 0 radical (unpaired) electrons. The minimum absolute atomic E-state index is 0.316. The number of nitrogens with one attached hydrogen (secondary N) is 1. The van der Waals surface area contributed by atoms with Gasteiger partial charge in [-0.1, -0.05) is 0 Å². The number of carbonyl (C=O) groups excluding carboxylic acids is 1. The first-order valence-corrected chi connectivity index (χ1v) is 6.45. The first-order valence-electron chi connectivity index (χ1n) is 5.50. The minimum Gasteiger partial charge on any atom is -0.465 e. The average molecular weight is 262 g/mol. The third-order valence-corrected chi connectivity index (χ3v) is 3.23. The summed E-state index contributed by atoms with van der Waals surface area (Å²) in [4.78, 5) is 15.6. The van der Waals surface area contributed by atoms with Crippen molar-refractivity contribution in [2.45, 2.75) is 13.5 Å². The zero-order chi connectivity index (χ0) is 13.0. The Morgan fingerprint density at radius 1 is 1.50 bits per heavy atom. The molecular formula is C13H14N2O2S. The van der Waals surface area contributed by atoms with Crippen LogP contribution in [0.4, 0.5) is 5.69 Å². The Labute approximate surface area is 110 Å². The summed E-state index contributed by atoms with van der Waals surface area (Å²) in [5.41, 5.74) is 5.39. The summed E-state index contributed by atoms with van der Waals surface area (Å²) in [6.45, 7) is 2.64. The van der Waals surface area contributed by atoms with Gasteiger partial charge in [0, 0.05) is 11.1 Å². The van der Waals surface area contributed by atoms with E-state index in [1.165, 1.54) is 7.11 Å². The van der Waals surface area contributed by atoms with E-state index in [4.69, 9.17) is 0 Å². The van der Waals surface area contributed by atoms with Crippen molar-refractivity contribution >= 4 is 23.0 Å². The number of esters is 1. The number of hydrogen-bond donors (Lipinski definition) is 1. The van der Waals surface area contributed by atoms with Crippen LogP contribution < -0.4 is 5.32 Å². The third-order valence-electron chi connectivity index (χ3n) is 2.59. The summed E-state index contributed by atoms with van der Waals surface area (Å²) >= 11 is 1.58. The van der Waals surface area contributed by atoms with Crippen molar-refractivity contribution in [3.8, 4) is 0 Å². The quantitative estimate of drug-likeness (QED) is 0.861. The van der Waals surface area contributed by atoms with Crippen LogP contribution in [0.2, 0.25) is 0 Å². The highest BCUT2D eigenvalue weighted by Crippen LogP contribution is 2.18. The van der Waals surface area contributed by atoms with E-state index in [-0.39, 0.29) is 5.97 Å². The Morgan fingerprint density at radius 3 is 2.94 bits per heavy atom. The second-order valence-corrected chi connectivity index (χ2v) is 4.57. The van der Waals surface area contributed by atoms with Gasteiger partial charge in [-0.25, -0.2) is 9.78 Å². The second kappa shape index (κ2) is 5.64. The maximum atomic E-state index is 11.4. The lowest BCUT2D eigenvalue weighted by atomic mass is 10.1. The van der Waals surface area contributed by atoms with Crippen molar-refractivity contribution in [3.05, 3.63) is 45.9 Å². The summed E-state index contributed by atoms with van der Waals surface area (Å²) in [6.07, 6.45) is 0. The molecule has 0 fully saturated rings. The molecule has 0 atom stereocenters.